The lowest BCUT2D eigenvalue weighted by Crippen LogP contribution is -2.38. The summed E-state index contributed by atoms with van der Waals surface area (Å²) in [5, 5.41) is 4.68. The molecule has 0 fully saturated rings. The number of benzene rings is 1. The van der Waals surface area contributed by atoms with Crippen LogP contribution in [-0.4, -0.2) is 37.5 Å². The Balaban J connectivity index is 2.52. The number of nitrogens with zero attached hydrogens (tertiary/aromatic N) is 1. The maximum absolute atomic E-state index is 13.4. The molecule has 2 N–H and O–H groups in total. The molecule has 0 heterocycles. The number of hydrogen-bond acceptors (Lipinski definition) is 2. The van der Waals surface area contributed by atoms with Crippen LogP contribution in [-0.2, 0) is 4.79 Å². The van der Waals surface area contributed by atoms with Crippen LogP contribution in [0.3, 0.4) is 0 Å². The summed E-state index contributed by atoms with van der Waals surface area (Å²) in [6, 6.07) is 3.86. The van der Waals surface area contributed by atoms with E-state index in [-0.39, 0.29) is 18.1 Å². The van der Waals surface area contributed by atoms with Gasteiger partial charge >= 0.3 is 6.03 Å². The Morgan fingerprint density at radius 2 is 2.00 bits per heavy atom. The minimum Gasteiger partial charge on any atom is -0.347 e. The Morgan fingerprint density at radius 3 is 2.56 bits per heavy atom. The maximum Gasteiger partial charge on any atom is 0.319 e. The van der Waals surface area contributed by atoms with Crippen LogP contribution in [0.25, 0.3) is 0 Å². The summed E-state index contributed by atoms with van der Waals surface area (Å²) < 4.78 is 13.4. The fourth-order valence-corrected chi connectivity index (χ4v) is 1.20. The monoisotopic (exact) mass is 253 g/mol. The third-order valence-electron chi connectivity index (χ3n) is 2.27. The fourth-order valence-electron chi connectivity index (χ4n) is 1.20. The smallest absolute Gasteiger partial charge is 0.319 e. The molecule has 98 valence electrons. The average molecular weight is 253 g/mol. The van der Waals surface area contributed by atoms with E-state index in [9.17, 15) is 14.0 Å². The molecule has 1 aromatic carbocycles. The lowest BCUT2D eigenvalue weighted by Gasteiger charge is -2.12. The highest BCUT2D eigenvalue weighted by Gasteiger charge is 2.09. The summed E-state index contributed by atoms with van der Waals surface area (Å²) in [6.45, 7) is 1.62. The minimum atomic E-state index is -0.618. The summed E-state index contributed by atoms with van der Waals surface area (Å²) in [4.78, 5) is 24.0. The molecule has 18 heavy (non-hydrogen) atoms. The van der Waals surface area contributed by atoms with E-state index in [4.69, 9.17) is 0 Å². The molecule has 0 unspecified atom stereocenters. The molecular weight excluding hydrogens is 237 g/mol. The number of hydrogen-bond donors (Lipinski definition) is 2. The molecule has 0 saturated carbocycles. The molecule has 0 aliphatic rings. The molecule has 6 heteroatoms. The molecule has 0 saturated heterocycles. The van der Waals surface area contributed by atoms with E-state index in [0.717, 1.165) is 5.56 Å². The van der Waals surface area contributed by atoms with Gasteiger partial charge in [-0.2, -0.15) is 0 Å². The molecule has 0 aliphatic carbocycles. The van der Waals surface area contributed by atoms with Crippen LogP contribution in [0, 0.1) is 12.7 Å². The zero-order valence-electron chi connectivity index (χ0n) is 10.6. The fraction of sp³-hybridized carbons (Fsp3) is 0.333. The van der Waals surface area contributed by atoms with Crippen molar-refractivity contribution >= 4 is 17.6 Å². The van der Waals surface area contributed by atoms with Crippen LogP contribution in [0.15, 0.2) is 18.2 Å². The van der Waals surface area contributed by atoms with E-state index in [1.165, 1.54) is 17.0 Å². The number of carbonyl (C=O) groups excluding carboxylic acids is 2. The van der Waals surface area contributed by atoms with Gasteiger partial charge in [-0.25, -0.2) is 9.18 Å². The van der Waals surface area contributed by atoms with Crippen molar-refractivity contribution in [3.8, 4) is 0 Å². The molecule has 5 nitrogen and oxygen atoms in total. The molecule has 0 aliphatic heterocycles. The van der Waals surface area contributed by atoms with E-state index in [1.54, 1.807) is 27.1 Å². The molecule has 0 spiro atoms. The van der Waals surface area contributed by atoms with Crippen LogP contribution in [0.4, 0.5) is 14.9 Å². The average Bonchev–Trinajstić information content (AvgIpc) is 2.29. The van der Waals surface area contributed by atoms with E-state index in [2.05, 4.69) is 10.6 Å². The minimum absolute atomic E-state index is 0.0791. The summed E-state index contributed by atoms with van der Waals surface area (Å²) in [7, 11) is 3.17. The lowest BCUT2D eigenvalue weighted by atomic mass is 10.2. The SMILES string of the molecule is Cc1ccc(NC(=O)NCC(=O)N(C)C)c(F)c1. The molecular formula is C12H16FN3O2. The highest BCUT2D eigenvalue weighted by Crippen LogP contribution is 2.14. The van der Waals surface area contributed by atoms with Gasteiger partial charge in [0.15, 0.2) is 0 Å². The third kappa shape index (κ3) is 4.04. The van der Waals surface area contributed by atoms with Crippen molar-refractivity contribution in [1.82, 2.24) is 10.2 Å². The molecule has 0 radical (unpaired) electrons. The van der Waals surface area contributed by atoms with Gasteiger partial charge in [-0.05, 0) is 24.6 Å². The van der Waals surface area contributed by atoms with Crippen molar-refractivity contribution in [2.24, 2.45) is 0 Å². The molecule has 1 rings (SSSR count). The number of nitrogens with one attached hydrogen (secondary N) is 2. The Bertz CT molecular complexity index is 461. The van der Waals surface area contributed by atoms with Crippen molar-refractivity contribution in [1.29, 1.82) is 0 Å². The zero-order valence-corrected chi connectivity index (χ0v) is 10.6. The predicted molar refractivity (Wildman–Crippen MR) is 66.9 cm³/mol. The van der Waals surface area contributed by atoms with Gasteiger partial charge in [0.25, 0.3) is 0 Å². The number of amides is 3. The number of likely N-dealkylation sites (N-methyl/N-ethyl adjacent to an activating group) is 1. The van der Waals surface area contributed by atoms with Gasteiger partial charge in [0.1, 0.15) is 5.82 Å². The first-order valence-corrected chi connectivity index (χ1v) is 5.41. The van der Waals surface area contributed by atoms with Crippen LogP contribution in [0.5, 0.6) is 0 Å². The third-order valence-corrected chi connectivity index (χ3v) is 2.27. The van der Waals surface area contributed by atoms with Gasteiger partial charge in [-0.3, -0.25) is 4.79 Å². The number of halogens is 1. The number of rotatable bonds is 3. The van der Waals surface area contributed by atoms with E-state index < -0.39 is 11.8 Å². The van der Waals surface area contributed by atoms with Crippen LogP contribution in [0.1, 0.15) is 5.56 Å². The Labute approximate surface area is 105 Å². The first-order chi connectivity index (χ1) is 8.40. The molecule has 0 aromatic heterocycles. The number of urea groups is 1. The first-order valence-electron chi connectivity index (χ1n) is 5.41. The second-order valence-corrected chi connectivity index (χ2v) is 4.08. The quantitative estimate of drug-likeness (QED) is 0.854. The van der Waals surface area contributed by atoms with Crippen molar-refractivity contribution in [3.63, 3.8) is 0 Å². The molecule has 1 aromatic rings. The zero-order chi connectivity index (χ0) is 13.7. The maximum atomic E-state index is 13.4. The number of anilines is 1. The van der Waals surface area contributed by atoms with Crippen LogP contribution < -0.4 is 10.6 Å². The van der Waals surface area contributed by atoms with Gasteiger partial charge in [0.05, 0.1) is 12.2 Å². The van der Waals surface area contributed by atoms with E-state index in [1.807, 2.05) is 0 Å². The van der Waals surface area contributed by atoms with Gasteiger partial charge in [-0.1, -0.05) is 6.07 Å². The van der Waals surface area contributed by atoms with Crippen molar-refractivity contribution in [3.05, 3.63) is 29.6 Å². The number of aryl methyl sites for hydroxylation is 1. The second-order valence-electron chi connectivity index (χ2n) is 4.08. The number of carbonyl (C=O) groups is 2. The van der Waals surface area contributed by atoms with E-state index in [0.29, 0.717) is 0 Å². The summed E-state index contributed by atoms with van der Waals surface area (Å²) in [5.41, 5.74) is 0.844. The normalized spacial score (nSPS) is 9.78. The second kappa shape index (κ2) is 6.00. The van der Waals surface area contributed by atoms with E-state index >= 15 is 0 Å². The van der Waals surface area contributed by atoms with Crippen molar-refractivity contribution in [2.75, 3.05) is 26.0 Å². The lowest BCUT2D eigenvalue weighted by molar-refractivity contribution is -0.127. The van der Waals surface area contributed by atoms with Crippen molar-refractivity contribution < 1.29 is 14.0 Å². The van der Waals surface area contributed by atoms with Gasteiger partial charge in [0, 0.05) is 14.1 Å². The highest BCUT2D eigenvalue weighted by molar-refractivity contribution is 5.92. The van der Waals surface area contributed by atoms with Gasteiger partial charge in [0.2, 0.25) is 5.91 Å². The Hall–Kier alpha value is -2.11. The Kier molecular flexibility index (Phi) is 4.65. The Morgan fingerprint density at radius 1 is 1.33 bits per heavy atom. The summed E-state index contributed by atoms with van der Waals surface area (Å²) >= 11 is 0. The standard InChI is InChI=1S/C12H16FN3O2/c1-8-4-5-10(9(13)6-8)15-12(18)14-7-11(17)16(2)3/h4-6H,7H2,1-3H3,(H2,14,15,18). The summed E-state index contributed by atoms with van der Waals surface area (Å²) in [6.07, 6.45) is 0. The summed E-state index contributed by atoms with van der Waals surface area (Å²) in [5.74, 6) is -0.751. The molecule has 3 amide bonds. The first kappa shape index (κ1) is 14.0. The van der Waals surface area contributed by atoms with Crippen molar-refractivity contribution in [2.45, 2.75) is 6.92 Å². The molecule has 0 bridgehead atoms. The predicted octanol–water partition coefficient (Wildman–Crippen LogP) is 1.34. The van der Waals surface area contributed by atoms with Crippen LogP contribution in [0.2, 0.25) is 0 Å². The van der Waals surface area contributed by atoms with Gasteiger partial charge in [-0.15, -0.1) is 0 Å². The molecule has 0 atom stereocenters. The topological polar surface area (TPSA) is 61.4 Å². The highest BCUT2D eigenvalue weighted by atomic mass is 19.1. The largest absolute Gasteiger partial charge is 0.347 e. The van der Waals surface area contributed by atoms with Gasteiger partial charge < -0.3 is 15.5 Å². The van der Waals surface area contributed by atoms with Crippen LogP contribution >= 0.6 is 0 Å².